The molecule has 0 aliphatic heterocycles. The molecule has 0 saturated heterocycles. The van der Waals surface area contributed by atoms with Crippen molar-refractivity contribution in [1.29, 1.82) is 0 Å². The second-order valence-electron chi connectivity index (χ2n) is 7.78. The van der Waals surface area contributed by atoms with Gasteiger partial charge >= 0.3 is 5.91 Å². The minimum atomic E-state index is -3.84. The van der Waals surface area contributed by atoms with Crippen molar-refractivity contribution in [3.05, 3.63) is 82.8 Å². The van der Waals surface area contributed by atoms with Crippen molar-refractivity contribution in [2.45, 2.75) is 31.1 Å². The summed E-state index contributed by atoms with van der Waals surface area (Å²) in [5.41, 5.74) is 6.53. The second-order valence-corrected chi connectivity index (χ2v) is 9.44. The lowest BCUT2D eigenvalue weighted by Crippen LogP contribution is -2.41. The first kappa shape index (κ1) is 24.0. The van der Waals surface area contributed by atoms with Gasteiger partial charge in [-0.2, -0.15) is 18.4 Å². The fourth-order valence-corrected chi connectivity index (χ4v) is 4.69. The van der Waals surface area contributed by atoms with E-state index < -0.39 is 21.8 Å². The number of carbonyl (C=O) groups is 2. The quantitative estimate of drug-likeness (QED) is 0.449. The van der Waals surface area contributed by atoms with E-state index in [0.717, 1.165) is 0 Å². The van der Waals surface area contributed by atoms with Gasteiger partial charge in [0, 0.05) is 17.5 Å². The summed E-state index contributed by atoms with van der Waals surface area (Å²) in [4.78, 5) is 27.6. The Balaban J connectivity index is 1.52. The number of nitrogens with zero attached hydrogens (tertiary/aromatic N) is 1. The molecule has 1 aliphatic carbocycles. The summed E-state index contributed by atoms with van der Waals surface area (Å²) >= 11 is 0. The van der Waals surface area contributed by atoms with Gasteiger partial charge in [0.2, 0.25) is 0 Å². The van der Waals surface area contributed by atoms with Gasteiger partial charge in [0.05, 0.1) is 23.3 Å². The van der Waals surface area contributed by atoms with E-state index in [9.17, 15) is 18.0 Å². The molecule has 3 N–H and O–H groups in total. The number of fused-ring (bicyclic) bond motifs is 1. The Morgan fingerprint density at radius 2 is 1.66 bits per heavy atom. The van der Waals surface area contributed by atoms with Crippen molar-refractivity contribution in [2.75, 3.05) is 7.11 Å². The highest BCUT2D eigenvalue weighted by molar-refractivity contribution is 7.89. The number of rotatable bonds is 6. The SMILES string of the molecule is COc1ccccc1C(=O)NNC(=O)c1oc2c(c1C)/C(=N/NS(=O)(=O)c1ccccc1)CCC2. The molecule has 0 bridgehead atoms. The van der Waals surface area contributed by atoms with Crippen LogP contribution in [0.1, 0.15) is 50.6 Å². The summed E-state index contributed by atoms with van der Waals surface area (Å²) in [6.45, 7) is 1.69. The van der Waals surface area contributed by atoms with E-state index in [1.807, 2.05) is 0 Å². The Kier molecular flexibility index (Phi) is 6.87. The molecule has 0 spiro atoms. The molecule has 0 radical (unpaired) electrons. The first-order valence-electron chi connectivity index (χ1n) is 10.8. The summed E-state index contributed by atoms with van der Waals surface area (Å²) in [6, 6.07) is 14.5. The van der Waals surface area contributed by atoms with E-state index in [2.05, 4.69) is 20.8 Å². The lowest BCUT2D eigenvalue weighted by Gasteiger charge is -2.14. The Morgan fingerprint density at radius 1 is 0.971 bits per heavy atom. The molecule has 1 heterocycles. The van der Waals surface area contributed by atoms with Crippen LogP contribution >= 0.6 is 0 Å². The zero-order valence-corrected chi connectivity index (χ0v) is 19.9. The fraction of sp³-hybridized carbons (Fsp3) is 0.208. The first-order chi connectivity index (χ1) is 16.8. The zero-order valence-electron chi connectivity index (χ0n) is 19.1. The third kappa shape index (κ3) is 5.04. The number of methoxy groups -OCH3 is 1. The van der Waals surface area contributed by atoms with Crippen molar-refractivity contribution in [1.82, 2.24) is 15.7 Å². The first-order valence-corrected chi connectivity index (χ1v) is 12.3. The number of hydrogen-bond acceptors (Lipinski definition) is 7. The number of sulfonamides is 1. The van der Waals surface area contributed by atoms with Gasteiger partial charge in [0.1, 0.15) is 11.5 Å². The largest absolute Gasteiger partial charge is 0.496 e. The van der Waals surface area contributed by atoms with Gasteiger partial charge in [-0.05, 0) is 44.0 Å². The lowest BCUT2D eigenvalue weighted by molar-refractivity contribution is 0.0827. The van der Waals surface area contributed by atoms with E-state index in [1.54, 1.807) is 49.4 Å². The summed E-state index contributed by atoms with van der Waals surface area (Å²) in [5, 5.41) is 4.14. The van der Waals surface area contributed by atoms with Crippen LogP contribution in [0.3, 0.4) is 0 Å². The number of benzene rings is 2. The predicted octanol–water partition coefficient (Wildman–Crippen LogP) is 2.69. The Labute approximate surface area is 202 Å². The van der Waals surface area contributed by atoms with E-state index in [4.69, 9.17) is 9.15 Å². The Morgan fingerprint density at radius 3 is 2.40 bits per heavy atom. The Hall–Kier alpha value is -4.12. The number of ether oxygens (including phenoxy) is 1. The van der Waals surface area contributed by atoms with E-state index in [0.29, 0.717) is 47.6 Å². The minimum absolute atomic E-state index is 0.0100. The topological polar surface area (TPSA) is 139 Å². The fourth-order valence-electron chi connectivity index (χ4n) is 3.83. The summed E-state index contributed by atoms with van der Waals surface area (Å²) in [7, 11) is -2.40. The van der Waals surface area contributed by atoms with Crippen LogP contribution in [0.25, 0.3) is 0 Å². The molecule has 4 rings (SSSR count). The third-order valence-corrected chi connectivity index (χ3v) is 6.75. The molecule has 0 atom stereocenters. The van der Waals surface area contributed by atoms with Crippen LogP contribution < -0.4 is 20.4 Å². The highest BCUT2D eigenvalue weighted by atomic mass is 32.2. The number of para-hydroxylation sites is 1. The number of amides is 2. The van der Waals surface area contributed by atoms with Crippen LogP contribution in [0, 0.1) is 6.92 Å². The standard InChI is InChI=1S/C24H24N4O6S/c1-15-21-18(25-28-35(31,32)16-9-4-3-5-10-16)12-8-14-20(21)34-22(15)24(30)27-26-23(29)17-11-6-7-13-19(17)33-2/h3-7,9-11,13,28H,8,12,14H2,1-2H3,(H,26,29)(H,27,30)/b25-18+. The molecule has 0 saturated carbocycles. The van der Waals surface area contributed by atoms with E-state index in [1.165, 1.54) is 19.2 Å². The summed E-state index contributed by atoms with van der Waals surface area (Å²) < 4.78 is 36.0. The molecular weight excluding hydrogens is 472 g/mol. The van der Waals surface area contributed by atoms with Crippen LogP contribution in [0.5, 0.6) is 5.75 Å². The molecular formula is C24H24N4O6S. The van der Waals surface area contributed by atoms with Crippen LogP contribution in [-0.2, 0) is 16.4 Å². The third-order valence-electron chi connectivity index (χ3n) is 5.53. The number of carbonyl (C=O) groups excluding carboxylic acids is 2. The van der Waals surface area contributed by atoms with Gasteiger partial charge < -0.3 is 9.15 Å². The molecule has 10 nitrogen and oxygen atoms in total. The predicted molar refractivity (Wildman–Crippen MR) is 128 cm³/mol. The molecule has 182 valence electrons. The molecule has 3 aromatic rings. The average molecular weight is 497 g/mol. The van der Waals surface area contributed by atoms with Crippen molar-refractivity contribution in [2.24, 2.45) is 5.10 Å². The number of furan rings is 1. The monoisotopic (exact) mass is 496 g/mol. The molecule has 35 heavy (non-hydrogen) atoms. The normalized spacial score (nSPS) is 14.2. The number of aryl methyl sites for hydroxylation is 1. The van der Waals surface area contributed by atoms with Gasteiger partial charge in [-0.25, -0.2) is 0 Å². The molecule has 1 aromatic heterocycles. The molecule has 11 heteroatoms. The molecule has 0 fully saturated rings. The maximum Gasteiger partial charge on any atom is 0.305 e. The van der Waals surface area contributed by atoms with Gasteiger partial charge in [0.15, 0.2) is 5.76 Å². The van der Waals surface area contributed by atoms with Crippen LogP contribution in [0.4, 0.5) is 0 Å². The number of hydrazine groups is 1. The van der Waals surface area contributed by atoms with Crippen LogP contribution in [0.2, 0.25) is 0 Å². The lowest BCUT2D eigenvalue weighted by atomic mass is 9.93. The van der Waals surface area contributed by atoms with Gasteiger partial charge in [-0.1, -0.05) is 30.3 Å². The van der Waals surface area contributed by atoms with Gasteiger partial charge in [-0.3, -0.25) is 20.4 Å². The molecule has 2 aromatic carbocycles. The van der Waals surface area contributed by atoms with Crippen molar-refractivity contribution in [3.8, 4) is 5.75 Å². The number of nitrogens with one attached hydrogen (secondary N) is 3. The maximum atomic E-state index is 12.8. The van der Waals surface area contributed by atoms with Crippen molar-refractivity contribution < 1.29 is 27.2 Å². The van der Waals surface area contributed by atoms with Crippen LogP contribution in [0.15, 0.2) is 69.0 Å². The van der Waals surface area contributed by atoms with Crippen molar-refractivity contribution >= 4 is 27.5 Å². The highest BCUT2D eigenvalue weighted by Gasteiger charge is 2.28. The van der Waals surface area contributed by atoms with Crippen LogP contribution in [-0.4, -0.2) is 33.1 Å². The number of hydrazone groups is 1. The zero-order chi connectivity index (χ0) is 25.0. The molecule has 1 aliphatic rings. The maximum absolute atomic E-state index is 12.8. The summed E-state index contributed by atoms with van der Waals surface area (Å²) in [6.07, 6.45) is 1.76. The smallest absolute Gasteiger partial charge is 0.305 e. The van der Waals surface area contributed by atoms with Gasteiger partial charge in [0.25, 0.3) is 15.9 Å². The number of hydrogen-bond donors (Lipinski definition) is 3. The minimum Gasteiger partial charge on any atom is -0.496 e. The summed E-state index contributed by atoms with van der Waals surface area (Å²) in [5.74, 6) is -0.294. The van der Waals surface area contributed by atoms with Gasteiger partial charge in [-0.15, -0.1) is 0 Å². The average Bonchev–Trinajstić information content (AvgIpc) is 3.23. The van der Waals surface area contributed by atoms with Crippen molar-refractivity contribution in [3.63, 3.8) is 0 Å². The van der Waals surface area contributed by atoms with E-state index >= 15 is 0 Å². The molecule has 0 unspecified atom stereocenters. The second kappa shape index (κ2) is 10.0. The van der Waals surface area contributed by atoms with E-state index in [-0.39, 0.29) is 16.2 Å². The highest BCUT2D eigenvalue weighted by Crippen LogP contribution is 2.30. The molecule has 2 amide bonds. The Bertz CT molecular complexity index is 1400.